The van der Waals surface area contributed by atoms with Gasteiger partial charge in [-0.25, -0.2) is 0 Å². The van der Waals surface area contributed by atoms with Crippen LogP contribution in [0.3, 0.4) is 0 Å². The van der Waals surface area contributed by atoms with Gasteiger partial charge in [-0.2, -0.15) is 15.0 Å². The fraction of sp³-hybridized carbons (Fsp3) is 0.458. The van der Waals surface area contributed by atoms with E-state index in [0.717, 1.165) is 43.7 Å². The van der Waals surface area contributed by atoms with Crippen LogP contribution >= 0.6 is 0 Å². The number of fused-ring (bicyclic) bond motifs is 1. The maximum Gasteiger partial charge on any atom is 0.318 e. The van der Waals surface area contributed by atoms with E-state index in [2.05, 4.69) is 32.2 Å². The second kappa shape index (κ2) is 8.80. The number of methoxy groups -OCH3 is 1. The molecule has 0 spiro atoms. The standard InChI is InChI=1S/C24H28N6O3/c1-14-26-20(33-29-14)13-15-3-5-16(6-4-15)17-7-9-18(10-8-17)30-12-11-19-21(23(30)31)22(25)28-24(27-19)32-2/h7-10,15-16H,3-6,11-13H2,1-2H3,(H2,25,27,28)/t15-,16-. The Labute approximate surface area is 192 Å². The number of benzene rings is 1. The van der Waals surface area contributed by atoms with Gasteiger partial charge in [-0.05, 0) is 62.1 Å². The highest BCUT2D eigenvalue weighted by atomic mass is 16.5. The Morgan fingerprint density at radius 1 is 1.12 bits per heavy atom. The number of nitrogens with zero attached hydrogens (tertiary/aromatic N) is 5. The van der Waals surface area contributed by atoms with Crippen molar-refractivity contribution in [2.75, 3.05) is 24.3 Å². The molecule has 5 rings (SSSR count). The zero-order valence-electron chi connectivity index (χ0n) is 19.0. The van der Waals surface area contributed by atoms with Gasteiger partial charge in [0.1, 0.15) is 11.4 Å². The number of anilines is 2. The number of amides is 1. The first-order chi connectivity index (χ1) is 16.0. The summed E-state index contributed by atoms with van der Waals surface area (Å²) in [5, 5.41) is 3.89. The minimum Gasteiger partial charge on any atom is -0.467 e. The first-order valence-corrected chi connectivity index (χ1v) is 11.4. The number of nitrogen functional groups attached to an aromatic ring is 1. The lowest BCUT2D eigenvalue weighted by Crippen LogP contribution is -2.39. The SMILES string of the molecule is COc1nc(N)c2c(n1)CCN(c1ccc([C@H]3CC[C@H](Cc4nc(C)no4)CC3)cc1)C2=O. The smallest absolute Gasteiger partial charge is 0.318 e. The second-order valence-corrected chi connectivity index (χ2v) is 8.87. The van der Waals surface area contributed by atoms with Crippen molar-refractivity contribution in [3.8, 4) is 6.01 Å². The van der Waals surface area contributed by atoms with Crippen LogP contribution in [-0.2, 0) is 12.8 Å². The van der Waals surface area contributed by atoms with Crippen LogP contribution in [0.4, 0.5) is 11.5 Å². The topological polar surface area (TPSA) is 120 Å². The summed E-state index contributed by atoms with van der Waals surface area (Å²) in [6.45, 7) is 2.40. The fourth-order valence-electron chi connectivity index (χ4n) is 5.01. The molecule has 2 aromatic heterocycles. The number of hydrogen-bond acceptors (Lipinski definition) is 8. The van der Waals surface area contributed by atoms with Gasteiger partial charge in [0.25, 0.3) is 5.91 Å². The molecule has 0 unspecified atom stereocenters. The molecular formula is C24H28N6O3. The van der Waals surface area contributed by atoms with Gasteiger partial charge < -0.3 is 19.9 Å². The third-order valence-electron chi connectivity index (χ3n) is 6.76. The molecular weight excluding hydrogens is 420 g/mol. The number of carbonyl (C=O) groups excluding carboxylic acids is 1. The van der Waals surface area contributed by atoms with Crippen LogP contribution in [0.5, 0.6) is 6.01 Å². The zero-order chi connectivity index (χ0) is 22.9. The van der Waals surface area contributed by atoms with E-state index in [4.69, 9.17) is 15.0 Å². The summed E-state index contributed by atoms with van der Waals surface area (Å²) in [4.78, 5) is 27.6. The molecule has 0 bridgehead atoms. The van der Waals surface area contributed by atoms with Gasteiger partial charge >= 0.3 is 6.01 Å². The third kappa shape index (κ3) is 4.27. The molecule has 9 nitrogen and oxygen atoms in total. The molecule has 0 atom stereocenters. The summed E-state index contributed by atoms with van der Waals surface area (Å²) in [5.41, 5.74) is 9.25. The number of hydrogen-bond donors (Lipinski definition) is 1. The van der Waals surface area contributed by atoms with Crippen LogP contribution in [0.1, 0.15) is 64.9 Å². The van der Waals surface area contributed by atoms with Crippen molar-refractivity contribution in [3.05, 3.63) is 52.8 Å². The maximum atomic E-state index is 13.1. The highest BCUT2D eigenvalue weighted by Gasteiger charge is 2.31. The van der Waals surface area contributed by atoms with Gasteiger partial charge in [-0.1, -0.05) is 17.3 Å². The van der Waals surface area contributed by atoms with Crippen LogP contribution in [0.15, 0.2) is 28.8 Å². The minimum atomic E-state index is -0.166. The number of nitrogens with two attached hydrogens (primary N) is 1. The van der Waals surface area contributed by atoms with Gasteiger partial charge in [0.2, 0.25) is 5.89 Å². The molecule has 3 heterocycles. The molecule has 1 aromatic carbocycles. The number of aromatic nitrogens is 4. The van der Waals surface area contributed by atoms with E-state index in [-0.39, 0.29) is 17.7 Å². The van der Waals surface area contributed by atoms with E-state index in [1.54, 1.807) is 4.90 Å². The molecule has 33 heavy (non-hydrogen) atoms. The van der Waals surface area contributed by atoms with E-state index in [0.29, 0.717) is 41.9 Å². The fourth-order valence-corrected chi connectivity index (χ4v) is 5.01. The van der Waals surface area contributed by atoms with Crippen LogP contribution in [0, 0.1) is 12.8 Å². The van der Waals surface area contributed by atoms with Crippen LogP contribution < -0.4 is 15.4 Å². The lowest BCUT2D eigenvalue weighted by molar-refractivity contribution is 0.0980. The number of rotatable bonds is 5. The van der Waals surface area contributed by atoms with Crippen molar-refractivity contribution in [2.45, 2.75) is 51.4 Å². The molecule has 3 aromatic rings. The van der Waals surface area contributed by atoms with E-state index in [1.807, 2.05) is 19.1 Å². The Morgan fingerprint density at radius 3 is 2.55 bits per heavy atom. The lowest BCUT2D eigenvalue weighted by atomic mass is 9.77. The predicted molar refractivity (Wildman–Crippen MR) is 122 cm³/mol. The predicted octanol–water partition coefficient (Wildman–Crippen LogP) is 3.48. The van der Waals surface area contributed by atoms with Crippen LogP contribution in [-0.4, -0.2) is 39.7 Å². The van der Waals surface area contributed by atoms with E-state index in [9.17, 15) is 4.79 Å². The second-order valence-electron chi connectivity index (χ2n) is 8.87. The van der Waals surface area contributed by atoms with Crippen LogP contribution in [0.25, 0.3) is 0 Å². The summed E-state index contributed by atoms with van der Waals surface area (Å²) < 4.78 is 10.4. The zero-order valence-corrected chi connectivity index (χ0v) is 19.0. The van der Waals surface area contributed by atoms with Gasteiger partial charge in [-0.15, -0.1) is 0 Å². The molecule has 0 saturated heterocycles. The summed E-state index contributed by atoms with van der Waals surface area (Å²) in [6, 6.07) is 8.56. The van der Waals surface area contributed by atoms with Crippen molar-refractivity contribution in [1.82, 2.24) is 20.1 Å². The molecule has 1 amide bonds. The van der Waals surface area contributed by atoms with Crippen molar-refractivity contribution in [2.24, 2.45) is 5.92 Å². The highest BCUT2D eigenvalue weighted by molar-refractivity contribution is 6.10. The Kier molecular flexibility index (Phi) is 5.70. The Hall–Kier alpha value is -3.49. The molecule has 9 heteroatoms. The molecule has 1 saturated carbocycles. The van der Waals surface area contributed by atoms with E-state index >= 15 is 0 Å². The summed E-state index contributed by atoms with van der Waals surface area (Å²) in [5.74, 6) is 2.57. The molecule has 0 radical (unpaired) electrons. The van der Waals surface area contributed by atoms with E-state index in [1.165, 1.54) is 12.7 Å². The Bertz CT molecular complexity index is 1150. The normalized spacial score (nSPS) is 20.5. The molecule has 1 aliphatic heterocycles. The van der Waals surface area contributed by atoms with Gasteiger partial charge in [-0.3, -0.25) is 4.79 Å². The summed E-state index contributed by atoms with van der Waals surface area (Å²) in [6.07, 6.45) is 6.06. The minimum absolute atomic E-state index is 0.163. The summed E-state index contributed by atoms with van der Waals surface area (Å²) >= 11 is 0. The first kappa shape index (κ1) is 21.4. The van der Waals surface area contributed by atoms with Gasteiger partial charge in [0.05, 0.1) is 12.8 Å². The highest BCUT2D eigenvalue weighted by Crippen LogP contribution is 2.38. The maximum absolute atomic E-state index is 13.1. The quantitative estimate of drug-likeness (QED) is 0.630. The lowest BCUT2D eigenvalue weighted by Gasteiger charge is -2.30. The summed E-state index contributed by atoms with van der Waals surface area (Å²) in [7, 11) is 1.49. The van der Waals surface area contributed by atoms with Crippen molar-refractivity contribution in [3.63, 3.8) is 0 Å². The average molecular weight is 449 g/mol. The molecule has 2 aliphatic rings. The Balaban J connectivity index is 1.23. The van der Waals surface area contributed by atoms with Gasteiger partial charge in [0.15, 0.2) is 5.82 Å². The first-order valence-electron chi connectivity index (χ1n) is 11.4. The van der Waals surface area contributed by atoms with E-state index < -0.39 is 0 Å². The monoisotopic (exact) mass is 448 g/mol. The molecule has 2 N–H and O–H groups in total. The van der Waals surface area contributed by atoms with Gasteiger partial charge in [0, 0.05) is 25.1 Å². The molecule has 172 valence electrons. The number of ether oxygens (including phenoxy) is 1. The Morgan fingerprint density at radius 2 is 1.88 bits per heavy atom. The van der Waals surface area contributed by atoms with Crippen molar-refractivity contribution in [1.29, 1.82) is 0 Å². The largest absolute Gasteiger partial charge is 0.467 e. The average Bonchev–Trinajstić information content (AvgIpc) is 3.24. The van der Waals surface area contributed by atoms with Crippen molar-refractivity contribution >= 4 is 17.4 Å². The molecule has 1 fully saturated rings. The number of carbonyl (C=O) groups is 1. The third-order valence-corrected chi connectivity index (χ3v) is 6.76. The van der Waals surface area contributed by atoms with Crippen molar-refractivity contribution < 1.29 is 14.1 Å². The molecule has 1 aliphatic carbocycles. The van der Waals surface area contributed by atoms with Crippen LogP contribution in [0.2, 0.25) is 0 Å². The number of aryl methyl sites for hydroxylation is 1.